The summed E-state index contributed by atoms with van der Waals surface area (Å²) in [7, 11) is 1.63. The van der Waals surface area contributed by atoms with E-state index >= 15 is 0 Å². The van der Waals surface area contributed by atoms with Gasteiger partial charge in [-0.15, -0.1) is 0 Å². The Morgan fingerprint density at radius 3 is 2.75 bits per heavy atom. The Morgan fingerprint density at radius 1 is 1.35 bits per heavy atom. The van der Waals surface area contributed by atoms with Crippen LogP contribution in [0.25, 0.3) is 0 Å². The second kappa shape index (κ2) is 7.00. The van der Waals surface area contributed by atoms with Crippen molar-refractivity contribution in [3.63, 3.8) is 0 Å². The zero-order valence-electron chi connectivity index (χ0n) is 10.5. The molecule has 0 amide bonds. The molecule has 3 nitrogen and oxygen atoms in total. The normalized spacial score (nSPS) is 10.8. The second-order valence-electron chi connectivity index (χ2n) is 4.14. The van der Waals surface area contributed by atoms with E-state index in [1.165, 1.54) is 0 Å². The van der Waals surface area contributed by atoms with Crippen molar-refractivity contribution in [2.24, 2.45) is 0 Å². The quantitative estimate of drug-likeness (QED) is 0.747. The van der Waals surface area contributed by atoms with Gasteiger partial charge in [0.15, 0.2) is 0 Å². The van der Waals surface area contributed by atoms with Crippen LogP contribution in [-0.4, -0.2) is 17.1 Å². The molecule has 0 radical (unpaired) electrons. The number of nitrogens with one attached hydrogen (secondary N) is 1. The fourth-order valence-corrected chi connectivity index (χ4v) is 2.58. The van der Waals surface area contributed by atoms with E-state index in [-0.39, 0.29) is 0 Å². The first-order valence-corrected chi connectivity index (χ1v) is 7.67. The molecule has 20 heavy (non-hydrogen) atoms. The number of benzene rings is 1. The van der Waals surface area contributed by atoms with E-state index in [0.29, 0.717) is 27.7 Å². The molecule has 2 aromatic rings. The first-order valence-electron chi connectivity index (χ1n) is 5.71. The van der Waals surface area contributed by atoms with Gasteiger partial charge in [0.25, 0.3) is 0 Å². The average molecular weight is 394 g/mol. The van der Waals surface area contributed by atoms with Gasteiger partial charge in [-0.3, -0.25) is 0 Å². The van der Waals surface area contributed by atoms with Gasteiger partial charge in [-0.25, -0.2) is 4.98 Å². The van der Waals surface area contributed by atoms with Gasteiger partial charge in [0.1, 0.15) is 10.5 Å². The molecule has 1 heterocycles. The summed E-state index contributed by atoms with van der Waals surface area (Å²) >= 11 is 20.5. The number of halogens is 3. The van der Waals surface area contributed by atoms with Crippen molar-refractivity contribution in [2.75, 3.05) is 7.11 Å². The number of aromatic nitrogens is 2. The molecular formula is C13H11BrCl2N2OS. The molecule has 106 valence electrons. The highest BCUT2D eigenvalue weighted by molar-refractivity contribution is 9.10. The molecule has 0 aliphatic rings. The monoisotopic (exact) mass is 392 g/mol. The summed E-state index contributed by atoms with van der Waals surface area (Å²) in [5, 5.41) is 1.06. The number of nitrogens with zero attached hydrogens (tertiary/aromatic N) is 1. The maximum absolute atomic E-state index is 6.01. The topological polar surface area (TPSA) is 37.9 Å². The molecule has 7 heteroatoms. The number of rotatable bonds is 4. The third-order valence-electron chi connectivity index (χ3n) is 2.63. The van der Waals surface area contributed by atoms with Crippen LogP contribution in [0.4, 0.5) is 0 Å². The Balaban J connectivity index is 2.33. The molecule has 0 spiro atoms. The van der Waals surface area contributed by atoms with E-state index in [1.807, 2.05) is 12.1 Å². The summed E-state index contributed by atoms with van der Waals surface area (Å²) in [6, 6.07) is 5.49. The maximum Gasteiger partial charge on any atom is 0.144 e. The lowest BCUT2D eigenvalue weighted by Gasteiger charge is -2.08. The number of methoxy groups -OCH3 is 1. The van der Waals surface area contributed by atoms with Crippen molar-refractivity contribution in [1.29, 1.82) is 0 Å². The molecule has 0 aliphatic heterocycles. The number of hydrogen-bond donors (Lipinski definition) is 1. The third-order valence-corrected chi connectivity index (χ3v) is 4.78. The van der Waals surface area contributed by atoms with Crippen molar-refractivity contribution in [1.82, 2.24) is 9.97 Å². The minimum absolute atomic E-state index is 0.432. The molecule has 1 aromatic heterocycles. The predicted octanol–water partition coefficient (Wildman–Crippen LogP) is 4.95. The molecule has 0 fully saturated rings. The van der Waals surface area contributed by atoms with Crippen molar-refractivity contribution >= 4 is 51.3 Å². The number of H-pyrrole nitrogens is 1. The molecule has 1 N–H and O–H groups in total. The summed E-state index contributed by atoms with van der Waals surface area (Å²) in [6.45, 7) is 0.432. The fourth-order valence-electron chi connectivity index (χ4n) is 1.73. The highest BCUT2D eigenvalue weighted by atomic mass is 79.9. The minimum atomic E-state index is 0.432. The van der Waals surface area contributed by atoms with Gasteiger partial charge in [-0.2, -0.15) is 0 Å². The number of ether oxygens (including phenoxy) is 1. The molecule has 0 saturated heterocycles. The van der Waals surface area contributed by atoms with E-state index < -0.39 is 0 Å². The molecule has 0 aliphatic carbocycles. The summed E-state index contributed by atoms with van der Waals surface area (Å²) < 4.78 is 6.39. The summed E-state index contributed by atoms with van der Waals surface area (Å²) in [6.07, 6.45) is 0.588. The van der Waals surface area contributed by atoms with Gasteiger partial charge < -0.3 is 9.72 Å². The SMILES string of the molecule is COCc1[nH]c(Cc2ccc(Cl)c(Cl)c2)nc(=S)c1Br. The van der Waals surface area contributed by atoms with Crippen LogP contribution in [0.2, 0.25) is 10.0 Å². The van der Waals surface area contributed by atoms with Crippen LogP contribution in [0.1, 0.15) is 17.1 Å². The molecule has 0 saturated carbocycles. The lowest BCUT2D eigenvalue weighted by Crippen LogP contribution is -2.03. The zero-order valence-corrected chi connectivity index (χ0v) is 14.5. The van der Waals surface area contributed by atoms with Crippen molar-refractivity contribution < 1.29 is 4.74 Å². The molecule has 2 rings (SSSR count). The van der Waals surface area contributed by atoms with Gasteiger partial charge >= 0.3 is 0 Å². The van der Waals surface area contributed by atoms with Crippen LogP contribution in [0, 0.1) is 4.64 Å². The molecule has 0 atom stereocenters. The van der Waals surface area contributed by atoms with Crippen molar-refractivity contribution in [3.05, 3.63) is 54.4 Å². The molecule has 0 bridgehead atoms. The van der Waals surface area contributed by atoms with Crippen LogP contribution >= 0.6 is 51.3 Å². The lowest BCUT2D eigenvalue weighted by atomic mass is 10.1. The fraction of sp³-hybridized carbons (Fsp3) is 0.231. The molecule has 1 aromatic carbocycles. The predicted molar refractivity (Wildman–Crippen MR) is 87.1 cm³/mol. The Hall–Kier alpha value is -0.460. The van der Waals surface area contributed by atoms with Gasteiger partial charge in [-0.1, -0.05) is 41.5 Å². The number of aromatic amines is 1. The highest BCUT2D eigenvalue weighted by Crippen LogP contribution is 2.24. The second-order valence-corrected chi connectivity index (χ2v) is 6.13. The van der Waals surface area contributed by atoms with E-state index in [2.05, 4.69) is 25.9 Å². The smallest absolute Gasteiger partial charge is 0.144 e. The van der Waals surface area contributed by atoms with Gasteiger partial charge in [0.2, 0.25) is 0 Å². The first kappa shape index (κ1) is 15.9. The molecular weight excluding hydrogens is 383 g/mol. The van der Waals surface area contributed by atoms with E-state index in [0.717, 1.165) is 21.6 Å². The van der Waals surface area contributed by atoms with E-state index in [1.54, 1.807) is 13.2 Å². The van der Waals surface area contributed by atoms with Crippen LogP contribution in [0.5, 0.6) is 0 Å². The van der Waals surface area contributed by atoms with Crippen molar-refractivity contribution in [2.45, 2.75) is 13.0 Å². The minimum Gasteiger partial charge on any atom is -0.378 e. The largest absolute Gasteiger partial charge is 0.378 e. The maximum atomic E-state index is 6.01. The van der Waals surface area contributed by atoms with Crippen LogP contribution in [-0.2, 0) is 17.8 Å². The number of hydrogen-bond acceptors (Lipinski definition) is 3. The lowest BCUT2D eigenvalue weighted by molar-refractivity contribution is 0.180. The zero-order chi connectivity index (χ0) is 14.7. The summed E-state index contributed by atoms with van der Waals surface area (Å²) in [5.41, 5.74) is 1.87. The third kappa shape index (κ3) is 3.80. The van der Waals surface area contributed by atoms with Gasteiger partial charge in [0.05, 0.1) is 26.8 Å². The Labute approximate surface area is 140 Å². The highest BCUT2D eigenvalue weighted by Gasteiger charge is 2.08. The van der Waals surface area contributed by atoms with E-state index in [4.69, 9.17) is 40.2 Å². The van der Waals surface area contributed by atoms with Crippen LogP contribution < -0.4 is 0 Å². The Kier molecular flexibility index (Phi) is 5.57. The average Bonchev–Trinajstić information content (AvgIpc) is 2.40. The van der Waals surface area contributed by atoms with Gasteiger partial charge in [0, 0.05) is 13.5 Å². The van der Waals surface area contributed by atoms with Crippen LogP contribution in [0.3, 0.4) is 0 Å². The van der Waals surface area contributed by atoms with Crippen molar-refractivity contribution in [3.8, 4) is 0 Å². The van der Waals surface area contributed by atoms with E-state index in [9.17, 15) is 0 Å². The Morgan fingerprint density at radius 2 is 2.10 bits per heavy atom. The Bertz CT molecular complexity index is 691. The standard InChI is InChI=1S/C13H11BrCl2N2OS/c1-19-6-10-12(14)13(20)18-11(17-10)5-7-2-3-8(15)9(16)4-7/h2-4H,5-6H2,1H3,(H,17,18,20). The summed E-state index contributed by atoms with van der Waals surface area (Å²) in [4.78, 5) is 7.56. The van der Waals surface area contributed by atoms with Crippen LogP contribution in [0.15, 0.2) is 22.7 Å². The summed E-state index contributed by atoms with van der Waals surface area (Å²) in [5.74, 6) is 0.753. The molecule has 0 unspecified atom stereocenters. The first-order chi connectivity index (χ1) is 9.51. The van der Waals surface area contributed by atoms with Gasteiger partial charge in [-0.05, 0) is 33.6 Å².